The number of anilines is 1. The first-order chi connectivity index (χ1) is 8.68. The Bertz CT molecular complexity index is 393. The zero-order valence-electron chi connectivity index (χ0n) is 10.8. The summed E-state index contributed by atoms with van der Waals surface area (Å²) in [5, 5.41) is 2.89. The molecule has 2 amide bonds. The van der Waals surface area contributed by atoms with Crippen molar-refractivity contribution in [3.8, 4) is 0 Å². The monoisotopic (exact) mass is 247 g/mol. The molecule has 98 valence electrons. The second-order valence-corrected chi connectivity index (χ2v) is 4.92. The largest absolute Gasteiger partial charge is 0.326 e. The van der Waals surface area contributed by atoms with Crippen molar-refractivity contribution in [3.05, 3.63) is 30.3 Å². The molecular formula is C14H21N3O. The molecule has 2 unspecified atom stereocenters. The third-order valence-corrected chi connectivity index (χ3v) is 3.62. The first-order valence-electron chi connectivity index (χ1n) is 6.53. The van der Waals surface area contributed by atoms with E-state index in [2.05, 4.69) is 5.32 Å². The maximum Gasteiger partial charge on any atom is 0.321 e. The number of carbonyl (C=O) groups is 1. The minimum Gasteiger partial charge on any atom is -0.326 e. The molecule has 1 fully saturated rings. The Morgan fingerprint density at radius 1 is 1.28 bits per heavy atom. The van der Waals surface area contributed by atoms with Crippen LogP contribution in [0, 0.1) is 0 Å². The van der Waals surface area contributed by atoms with Crippen LogP contribution in [0.2, 0.25) is 0 Å². The van der Waals surface area contributed by atoms with E-state index in [1.807, 2.05) is 37.4 Å². The van der Waals surface area contributed by atoms with Crippen molar-refractivity contribution in [1.29, 1.82) is 0 Å². The zero-order chi connectivity index (χ0) is 13.0. The Labute approximate surface area is 108 Å². The van der Waals surface area contributed by atoms with Crippen LogP contribution in [0.15, 0.2) is 30.3 Å². The summed E-state index contributed by atoms with van der Waals surface area (Å²) in [5.41, 5.74) is 6.91. The van der Waals surface area contributed by atoms with E-state index in [0.29, 0.717) is 0 Å². The summed E-state index contributed by atoms with van der Waals surface area (Å²) >= 11 is 0. The van der Waals surface area contributed by atoms with E-state index >= 15 is 0 Å². The second-order valence-electron chi connectivity index (χ2n) is 4.92. The number of carbonyl (C=O) groups excluding carboxylic acids is 1. The molecule has 1 aliphatic rings. The fourth-order valence-corrected chi connectivity index (χ4v) is 2.50. The molecule has 0 bridgehead atoms. The molecule has 4 nitrogen and oxygen atoms in total. The smallest absolute Gasteiger partial charge is 0.321 e. The van der Waals surface area contributed by atoms with Crippen LogP contribution in [0.3, 0.4) is 0 Å². The summed E-state index contributed by atoms with van der Waals surface area (Å²) in [4.78, 5) is 13.9. The molecule has 1 aliphatic carbocycles. The lowest BCUT2D eigenvalue weighted by Crippen LogP contribution is -2.51. The average Bonchev–Trinajstić information content (AvgIpc) is 2.39. The predicted molar refractivity (Wildman–Crippen MR) is 73.5 cm³/mol. The normalized spacial score (nSPS) is 23.4. The number of rotatable bonds is 2. The highest BCUT2D eigenvalue weighted by atomic mass is 16.2. The Hall–Kier alpha value is -1.55. The van der Waals surface area contributed by atoms with Gasteiger partial charge in [0.15, 0.2) is 0 Å². The van der Waals surface area contributed by atoms with Gasteiger partial charge < -0.3 is 16.0 Å². The number of nitrogens with zero attached hydrogens (tertiary/aromatic N) is 1. The topological polar surface area (TPSA) is 58.4 Å². The van der Waals surface area contributed by atoms with Crippen molar-refractivity contribution in [2.75, 3.05) is 12.4 Å². The minimum absolute atomic E-state index is 0.0800. The highest BCUT2D eigenvalue weighted by molar-refractivity contribution is 5.89. The quantitative estimate of drug-likeness (QED) is 0.843. The van der Waals surface area contributed by atoms with E-state index in [1.54, 1.807) is 4.90 Å². The molecule has 2 rings (SSSR count). The van der Waals surface area contributed by atoms with Crippen molar-refractivity contribution < 1.29 is 4.79 Å². The van der Waals surface area contributed by atoms with Gasteiger partial charge in [-0.1, -0.05) is 31.0 Å². The minimum atomic E-state index is -0.0800. The summed E-state index contributed by atoms with van der Waals surface area (Å²) in [6.45, 7) is 0. The first-order valence-corrected chi connectivity index (χ1v) is 6.53. The number of hydrogen-bond acceptors (Lipinski definition) is 2. The first kappa shape index (κ1) is 12.9. The summed E-state index contributed by atoms with van der Waals surface area (Å²) in [5.74, 6) is 0. The molecule has 2 atom stereocenters. The van der Waals surface area contributed by atoms with Crippen LogP contribution in [0.4, 0.5) is 10.5 Å². The van der Waals surface area contributed by atoms with E-state index in [1.165, 1.54) is 6.42 Å². The van der Waals surface area contributed by atoms with Gasteiger partial charge in [0, 0.05) is 24.8 Å². The lowest BCUT2D eigenvalue weighted by molar-refractivity contribution is 0.174. The molecule has 18 heavy (non-hydrogen) atoms. The molecule has 1 aromatic rings. The van der Waals surface area contributed by atoms with E-state index in [9.17, 15) is 4.79 Å². The van der Waals surface area contributed by atoms with Crippen molar-refractivity contribution in [3.63, 3.8) is 0 Å². The molecule has 0 aromatic heterocycles. The molecule has 1 saturated carbocycles. The molecule has 0 radical (unpaired) electrons. The number of likely N-dealkylation sites (N-methyl/N-ethyl adjacent to an activating group) is 1. The highest BCUT2D eigenvalue weighted by Crippen LogP contribution is 2.21. The van der Waals surface area contributed by atoms with Crippen molar-refractivity contribution in [2.24, 2.45) is 5.73 Å². The second kappa shape index (κ2) is 5.87. The molecule has 0 aliphatic heterocycles. The van der Waals surface area contributed by atoms with Crippen LogP contribution in [0.25, 0.3) is 0 Å². The Kier molecular flexibility index (Phi) is 4.20. The van der Waals surface area contributed by atoms with Crippen molar-refractivity contribution in [2.45, 2.75) is 37.8 Å². The third kappa shape index (κ3) is 3.01. The molecule has 1 aromatic carbocycles. The fourth-order valence-electron chi connectivity index (χ4n) is 2.50. The number of nitrogens with two attached hydrogens (primary N) is 1. The number of para-hydroxylation sites is 1. The number of urea groups is 1. The third-order valence-electron chi connectivity index (χ3n) is 3.62. The number of hydrogen-bond donors (Lipinski definition) is 2. The van der Waals surface area contributed by atoms with E-state index in [0.717, 1.165) is 24.9 Å². The van der Waals surface area contributed by atoms with Gasteiger partial charge in [0.2, 0.25) is 0 Å². The van der Waals surface area contributed by atoms with Gasteiger partial charge >= 0.3 is 6.03 Å². The van der Waals surface area contributed by atoms with Crippen LogP contribution >= 0.6 is 0 Å². The summed E-state index contributed by atoms with van der Waals surface area (Å²) in [6, 6.07) is 9.68. The Balaban J connectivity index is 1.96. The Morgan fingerprint density at radius 2 is 1.94 bits per heavy atom. The Morgan fingerprint density at radius 3 is 2.61 bits per heavy atom. The van der Waals surface area contributed by atoms with Crippen molar-refractivity contribution >= 4 is 11.7 Å². The van der Waals surface area contributed by atoms with Crippen LogP contribution in [0.5, 0.6) is 0 Å². The fraction of sp³-hybridized carbons (Fsp3) is 0.500. The molecule has 0 heterocycles. The van der Waals surface area contributed by atoms with E-state index in [-0.39, 0.29) is 18.1 Å². The molecule has 3 N–H and O–H groups in total. The van der Waals surface area contributed by atoms with Gasteiger partial charge in [0.1, 0.15) is 0 Å². The number of amides is 2. The van der Waals surface area contributed by atoms with Crippen LogP contribution in [-0.4, -0.2) is 30.1 Å². The maximum atomic E-state index is 12.1. The average molecular weight is 247 g/mol. The van der Waals surface area contributed by atoms with Crippen LogP contribution in [0.1, 0.15) is 25.7 Å². The molecular weight excluding hydrogens is 226 g/mol. The van der Waals surface area contributed by atoms with Crippen LogP contribution in [-0.2, 0) is 0 Å². The summed E-state index contributed by atoms with van der Waals surface area (Å²) in [6.07, 6.45) is 4.33. The number of nitrogens with one attached hydrogen (secondary N) is 1. The van der Waals surface area contributed by atoms with Gasteiger partial charge in [0.25, 0.3) is 0 Å². The van der Waals surface area contributed by atoms with Gasteiger partial charge in [-0.15, -0.1) is 0 Å². The van der Waals surface area contributed by atoms with E-state index < -0.39 is 0 Å². The zero-order valence-corrected chi connectivity index (χ0v) is 10.8. The lowest BCUT2D eigenvalue weighted by atomic mass is 9.90. The highest BCUT2D eigenvalue weighted by Gasteiger charge is 2.28. The summed E-state index contributed by atoms with van der Waals surface area (Å²) in [7, 11) is 1.83. The molecule has 0 saturated heterocycles. The van der Waals surface area contributed by atoms with Gasteiger partial charge in [-0.3, -0.25) is 0 Å². The van der Waals surface area contributed by atoms with Gasteiger partial charge in [-0.05, 0) is 25.0 Å². The maximum absolute atomic E-state index is 12.1. The lowest BCUT2D eigenvalue weighted by Gasteiger charge is -2.35. The van der Waals surface area contributed by atoms with Crippen LogP contribution < -0.4 is 11.1 Å². The SMILES string of the molecule is CN(C(=O)Nc1ccccc1)C1CCCCC1N. The predicted octanol–water partition coefficient (Wildman–Crippen LogP) is 2.42. The number of benzene rings is 1. The van der Waals surface area contributed by atoms with Gasteiger partial charge in [-0.25, -0.2) is 4.79 Å². The standard InChI is InChI=1S/C14H21N3O/c1-17(13-10-6-5-9-12(13)15)14(18)16-11-7-3-2-4-8-11/h2-4,7-8,12-13H,5-6,9-10,15H2,1H3,(H,16,18). The van der Waals surface area contributed by atoms with E-state index in [4.69, 9.17) is 5.73 Å². The van der Waals surface area contributed by atoms with Gasteiger partial charge in [-0.2, -0.15) is 0 Å². The van der Waals surface area contributed by atoms with Crippen molar-refractivity contribution in [1.82, 2.24) is 4.90 Å². The molecule has 0 spiro atoms. The summed E-state index contributed by atoms with van der Waals surface area (Å²) < 4.78 is 0. The van der Waals surface area contributed by atoms with Gasteiger partial charge in [0.05, 0.1) is 0 Å². The molecule has 4 heteroatoms.